The number of carbonyl (C=O) groups is 2. The van der Waals surface area contributed by atoms with Crippen LogP contribution < -0.4 is 15.4 Å². The SMILES string of the molecule is CCN(CC(=O)Nc1ccc(NC(C)=O)cc1)S(=O)(=O)c1ccccc1OC. The second-order valence-electron chi connectivity index (χ2n) is 5.89. The summed E-state index contributed by atoms with van der Waals surface area (Å²) < 4.78 is 32.0. The van der Waals surface area contributed by atoms with Crippen molar-refractivity contribution in [1.82, 2.24) is 4.31 Å². The summed E-state index contributed by atoms with van der Waals surface area (Å²) in [5.74, 6) is -0.459. The van der Waals surface area contributed by atoms with Crippen molar-refractivity contribution in [3.63, 3.8) is 0 Å². The largest absolute Gasteiger partial charge is 0.495 e. The van der Waals surface area contributed by atoms with Crippen molar-refractivity contribution in [2.24, 2.45) is 0 Å². The third kappa shape index (κ3) is 5.30. The summed E-state index contributed by atoms with van der Waals surface area (Å²) in [6, 6.07) is 12.8. The summed E-state index contributed by atoms with van der Waals surface area (Å²) in [7, 11) is -2.51. The molecule has 2 N–H and O–H groups in total. The molecule has 2 aromatic rings. The van der Waals surface area contributed by atoms with Crippen molar-refractivity contribution in [2.75, 3.05) is 30.8 Å². The van der Waals surface area contributed by atoms with Gasteiger partial charge in [0.15, 0.2) is 0 Å². The summed E-state index contributed by atoms with van der Waals surface area (Å²) in [5, 5.41) is 5.27. The van der Waals surface area contributed by atoms with E-state index in [1.54, 1.807) is 49.4 Å². The molecule has 0 saturated heterocycles. The van der Waals surface area contributed by atoms with Gasteiger partial charge in [0.05, 0.1) is 13.7 Å². The van der Waals surface area contributed by atoms with Crippen LogP contribution in [-0.4, -0.2) is 44.7 Å². The number of hydrogen-bond donors (Lipinski definition) is 2. The van der Waals surface area contributed by atoms with Crippen LogP contribution >= 0.6 is 0 Å². The normalized spacial score (nSPS) is 11.1. The fraction of sp³-hybridized carbons (Fsp3) is 0.263. The Morgan fingerprint density at radius 1 is 1.00 bits per heavy atom. The molecule has 0 aliphatic carbocycles. The highest BCUT2D eigenvalue weighted by Gasteiger charge is 2.28. The second kappa shape index (κ2) is 9.34. The van der Waals surface area contributed by atoms with E-state index in [1.807, 2.05) is 0 Å². The minimum absolute atomic E-state index is 0.00631. The number of rotatable bonds is 8. The average Bonchev–Trinajstić information content (AvgIpc) is 2.67. The van der Waals surface area contributed by atoms with E-state index in [2.05, 4.69) is 10.6 Å². The minimum Gasteiger partial charge on any atom is -0.495 e. The molecule has 0 bridgehead atoms. The van der Waals surface area contributed by atoms with Crippen LogP contribution in [0.15, 0.2) is 53.4 Å². The van der Waals surface area contributed by atoms with Crippen LogP contribution in [0.5, 0.6) is 5.75 Å². The van der Waals surface area contributed by atoms with Crippen LogP contribution in [0, 0.1) is 0 Å². The lowest BCUT2D eigenvalue weighted by molar-refractivity contribution is -0.116. The van der Waals surface area contributed by atoms with E-state index in [-0.39, 0.29) is 29.6 Å². The summed E-state index contributed by atoms with van der Waals surface area (Å²) >= 11 is 0. The number of sulfonamides is 1. The van der Waals surface area contributed by atoms with Gasteiger partial charge in [0, 0.05) is 24.8 Å². The van der Waals surface area contributed by atoms with E-state index in [0.717, 1.165) is 4.31 Å². The Labute approximate surface area is 164 Å². The summed E-state index contributed by atoms with van der Waals surface area (Å²) in [5.41, 5.74) is 1.09. The molecule has 2 aromatic carbocycles. The number of benzene rings is 2. The van der Waals surface area contributed by atoms with Crippen LogP contribution in [0.4, 0.5) is 11.4 Å². The van der Waals surface area contributed by atoms with Gasteiger partial charge in [-0.2, -0.15) is 4.31 Å². The molecule has 0 saturated carbocycles. The van der Waals surface area contributed by atoms with E-state index in [0.29, 0.717) is 11.4 Å². The maximum atomic E-state index is 12.9. The van der Waals surface area contributed by atoms with E-state index in [9.17, 15) is 18.0 Å². The third-order valence-corrected chi connectivity index (χ3v) is 5.81. The van der Waals surface area contributed by atoms with Gasteiger partial charge in [-0.05, 0) is 36.4 Å². The van der Waals surface area contributed by atoms with E-state index >= 15 is 0 Å². The highest BCUT2D eigenvalue weighted by molar-refractivity contribution is 7.89. The third-order valence-electron chi connectivity index (χ3n) is 3.85. The first-order valence-corrected chi connectivity index (χ1v) is 10.0. The maximum absolute atomic E-state index is 12.9. The van der Waals surface area contributed by atoms with Crippen molar-refractivity contribution < 1.29 is 22.7 Å². The van der Waals surface area contributed by atoms with Gasteiger partial charge < -0.3 is 15.4 Å². The first-order chi connectivity index (χ1) is 13.3. The van der Waals surface area contributed by atoms with Crippen LogP contribution in [0.25, 0.3) is 0 Å². The monoisotopic (exact) mass is 405 g/mol. The van der Waals surface area contributed by atoms with Crippen molar-refractivity contribution in [3.8, 4) is 5.75 Å². The number of methoxy groups -OCH3 is 1. The zero-order valence-electron chi connectivity index (χ0n) is 15.9. The van der Waals surface area contributed by atoms with Crippen LogP contribution in [0.2, 0.25) is 0 Å². The predicted molar refractivity (Wildman–Crippen MR) is 107 cm³/mol. The number of nitrogens with zero attached hydrogens (tertiary/aromatic N) is 1. The molecule has 150 valence electrons. The highest BCUT2D eigenvalue weighted by Crippen LogP contribution is 2.26. The molecule has 0 atom stereocenters. The average molecular weight is 405 g/mol. The topological polar surface area (TPSA) is 105 Å². The fourth-order valence-electron chi connectivity index (χ4n) is 2.54. The van der Waals surface area contributed by atoms with E-state index in [1.165, 1.54) is 20.1 Å². The van der Waals surface area contributed by atoms with Crippen molar-refractivity contribution >= 4 is 33.2 Å². The van der Waals surface area contributed by atoms with Crippen LogP contribution in [0.3, 0.4) is 0 Å². The number of hydrogen-bond acceptors (Lipinski definition) is 5. The van der Waals surface area contributed by atoms with Crippen LogP contribution in [0.1, 0.15) is 13.8 Å². The Morgan fingerprint density at radius 2 is 1.57 bits per heavy atom. The molecular weight excluding hydrogens is 382 g/mol. The summed E-state index contributed by atoms with van der Waals surface area (Å²) in [4.78, 5) is 23.4. The lowest BCUT2D eigenvalue weighted by Gasteiger charge is -2.21. The van der Waals surface area contributed by atoms with Gasteiger partial charge >= 0.3 is 0 Å². The number of likely N-dealkylation sites (N-methyl/N-ethyl adjacent to an activating group) is 1. The van der Waals surface area contributed by atoms with Gasteiger partial charge in [-0.15, -0.1) is 0 Å². The van der Waals surface area contributed by atoms with Crippen LogP contribution in [-0.2, 0) is 19.6 Å². The van der Waals surface area contributed by atoms with E-state index in [4.69, 9.17) is 4.74 Å². The van der Waals surface area contributed by atoms with E-state index < -0.39 is 15.9 Å². The predicted octanol–water partition coefficient (Wildman–Crippen LogP) is 2.30. The molecule has 0 aliphatic rings. The Kier molecular flexibility index (Phi) is 7.13. The highest BCUT2D eigenvalue weighted by atomic mass is 32.2. The van der Waals surface area contributed by atoms with Gasteiger partial charge in [0.2, 0.25) is 21.8 Å². The Balaban J connectivity index is 2.11. The molecule has 0 radical (unpaired) electrons. The standard InChI is InChI=1S/C19H23N3O5S/c1-4-22(28(25,26)18-8-6-5-7-17(18)27-3)13-19(24)21-16-11-9-15(10-12-16)20-14(2)23/h5-12H,4,13H2,1-3H3,(H,20,23)(H,21,24). The Hall–Kier alpha value is -2.91. The van der Waals surface area contributed by atoms with Gasteiger partial charge in [-0.1, -0.05) is 19.1 Å². The molecule has 0 fully saturated rings. The number of nitrogens with one attached hydrogen (secondary N) is 2. The molecule has 0 spiro atoms. The number of carbonyl (C=O) groups excluding carboxylic acids is 2. The molecule has 28 heavy (non-hydrogen) atoms. The van der Waals surface area contributed by atoms with Crippen molar-refractivity contribution in [1.29, 1.82) is 0 Å². The quantitative estimate of drug-likeness (QED) is 0.701. The fourth-order valence-corrected chi connectivity index (χ4v) is 4.10. The summed E-state index contributed by atoms with van der Waals surface area (Å²) in [6.45, 7) is 2.83. The Morgan fingerprint density at radius 3 is 2.11 bits per heavy atom. The lowest BCUT2D eigenvalue weighted by Crippen LogP contribution is -2.38. The number of anilines is 2. The molecule has 2 amide bonds. The van der Waals surface area contributed by atoms with Gasteiger partial charge in [0.25, 0.3) is 0 Å². The Bertz CT molecular complexity index is 942. The minimum atomic E-state index is -3.90. The van der Waals surface area contributed by atoms with Gasteiger partial charge in [-0.25, -0.2) is 8.42 Å². The second-order valence-corrected chi connectivity index (χ2v) is 7.80. The van der Waals surface area contributed by atoms with Gasteiger partial charge in [0.1, 0.15) is 10.6 Å². The molecule has 0 aliphatic heterocycles. The van der Waals surface area contributed by atoms with Crippen molar-refractivity contribution in [3.05, 3.63) is 48.5 Å². The number of amides is 2. The van der Waals surface area contributed by atoms with Gasteiger partial charge in [-0.3, -0.25) is 9.59 Å². The summed E-state index contributed by atoms with van der Waals surface area (Å²) in [6.07, 6.45) is 0. The smallest absolute Gasteiger partial charge is 0.247 e. The molecule has 9 heteroatoms. The number of para-hydroxylation sites is 1. The molecule has 0 aromatic heterocycles. The maximum Gasteiger partial charge on any atom is 0.247 e. The van der Waals surface area contributed by atoms with Crippen molar-refractivity contribution in [2.45, 2.75) is 18.7 Å². The molecule has 2 rings (SSSR count). The zero-order chi connectivity index (χ0) is 20.7. The lowest BCUT2D eigenvalue weighted by atomic mass is 10.2. The number of ether oxygens (including phenoxy) is 1. The molecule has 0 heterocycles. The molecule has 8 nitrogen and oxygen atoms in total. The molecule has 0 unspecified atom stereocenters. The first-order valence-electron chi connectivity index (χ1n) is 8.58. The molecular formula is C19H23N3O5S. The zero-order valence-corrected chi connectivity index (χ0v) is 16.7. The first kappa shape index (κ1) is 21.4.